The van der Waals surface area contributed by atoms with E-state index in [1.165, 1.54) is 12.1 Å². The number of fused-ring (bicyclic) bond motifs is 1. The molecule has 1 aliphatic carbocycles. The summed E-state index contributed by atoms with van der Waals surface area (Å²) in [6.07, 6.45) is 2.08. The molecule has 0 unspecified atom stereocenters. The summed E-state index contributed by atoms with van der Waals surface area (Å²) in [7, 11) is -3.76. The number of imidazole rings is 1. The first-order valence-corrected chi connectivity index (χ1v) is 13.8. The van der Waals surface area contributed by atoms with Crippen molar-refractivity contribution in [1.29, 1.82) is 0 Å². The van der Waals surface area contributed by atoms with Gasteiger partial charge < -0.3 is 14.8 Å². The summed E-state index contributed by atoms with van der Waals surface area (Å²) in [5, 5.41) is 8.97. The number of benzene rings is 3. The highest BCUT2D eigenvalue weighted by molar-refractivity contribution is 7.89. The van der Waals surface area contributed by atoms with Crippen molar-refractivity contribution in [1.82, 2.24) is 14.7 Å². The monoisotopic (exact) mass is 533 g/mol. The number of rotatable bonds is 8. The van der Waals surface area contributed by atoms with E-state index >= 15 is 0 Å². The van der Waals surface area contributed by atoms with Gasteiger partial charge in [-0.2, -0.15) is 0 Å². The molecular formula is C28H27N3O6S. The minimum Gasteiger partial charge on any atom is -0.478 e. The molecule has 1 heterocycles. The second-order valence-corrected chi connectivity index (χ2v) is 11.1. The maximum atomic E-state index is 13.1. The Morgan fingerprint density at radius 3 is 2.37 bits per heavy atom. The van der Waals surface area contributed by atoms with Gasteiger partial charge in [-0.1, -0.05) is 42.5 Å². The van der Waals surface area contributed by atoms with Crippen LogP contribution in [0.3, 0.4) is 0 Å². The van der Waals surface area contributed by atoms with E-state index in [0.717, 1.165) is 5.56 Å². The molecule has 1 fully saturated rings. The molecule has 9 nitrogen and oxygen atoms in total. The lowest BCUT2D eigenvalue weighted by atomic mass is 9.86. The number of carbonyl (C=O) groups is 2. The Morgan fingerprint density at radius 1 is 0.974 bits per heavy atom. The molecule has 5 rings (SSSR count). The average molecular weight is 534 g/mol. The van der Waals surface area contributed by atoms with Gasteiger partial charge in [0, 0.05) is 11.6 Å². The molecular weight excluding hydrogens is 506 g/mol. The van der Waals surface area contributed by atoms with Crippen LogP contribution in [0.5, 0.6) is 0 Å². The lowest BCUT2D eigenvalue weighted by molar-refractivity contribution is -0.151. The number of ether oxygens (including phenoxy) is 1. The predicted molar refractivity (Wildman–Crippen MR) is 141 cm³/mol. The van der Waals surface area contributed by atoms with E-state index < -0.39 is 16.0 Å². The number of carboxylic acid groups (broad SMARTS) is 1. The third-order valence-corrected chi connectivity index (χ3v) is 8.29. The molecule has 0 bridgehead atoms. The van der Waals surface area contributed by atoms with Crippen molar-refractivity contribution < 1.29 is 27.9 Å². The number of hydrogen-bond acceptors (Lipinski definition) is 6. The fourth-order valence-electron chi connectivity index (χ4n) is 4.64. The summed E-state index contributed by atoms with van der Waals surface area (Å²) in [5.74, 6) is -0.968. The average Bonchev–Trinajstić information content (AvgIpc) is 3.36. The smallest absolute Gasteiger partial charge is 0.335 e. The van der Waals surface area contributed by atoms with E-state index in [2.05, 4.69) is 14.7 Å². The molecule has 0 aliphatic heterocycles. The Morgan fingerprint density at radius 2 is 1.68 bits per heavy atom. The van der Waals surface area contributed by atoms with Gasteiger partial charge in [-0.25, -0.2) is 22.9 Å². The minimum atomic E-state index is -3.76. The number of nitrogens with one attached hydrogen (secondary N) is 2. The van der Waals surface area contributed by atoms with Crippen LogP contribution in [0.15, 0.2) is 77.7 Å². The standard InChI is InChI=1S/C28H27N3O6S/c32-27(33)20-8-6-18(7-9-20)17-37-28(34)21-10-12-22(13-11-21)31-38(35,36)23-14-15-24-25(16-23)30-26(29-24)19-4-2-1-3-5-19/h1-9,14-16,21-22,31H,10-13,17H2,(H,29,30)(H,32,33)/t21-,22-. The van der Waals surface area contributed by atoms with Gasteiger partial charge in [0.25, 0.3) is 0 Å². The first-order chi connectivity index (χ1) is 18.3. The van der Waals surface area contributed by atoms with Crippen molar-refractivity contribution in [3.05, 3.63) is 83.9 Å². The van der Waals surface area contributed by atoms with Crippen LogP contribution in [0.4, 0.5) is 0 Å². The number of carboxylic acids is 1. The largest absolute Gasteiger partial charge is 0.478 e. The second-order valence-electron chi connectivity index (χ2n) is 9.41. The fraction of sp³-hybridized carbons (Fsp3) is 0.250. The van der Waals surface area contributed by atoms with Gasteiger partial charge in [-0.15, -0.1) is 0 Å². The Bertz CT molecular complexity index is 1560. The van der Waals surface area contributed by atoms with E-state index in [4.69, 9.17) is 9.84 Å². The van der Waals surface area contributed by atoms with E-state index in [0.29, 0.717) is 48.1 Å². The predicted octanol–water partition coefficient (Wildman–Crippen LogP) is 4.51. The zero-order valence-electron chi connectivity index (χ0n) is 20.5. The van der Waals surface area contributed by atoms with Crippen LogP contribution >= 0.6 is 0 Å². The van der Waals surface area contributed by atoms with Gasteiger partial charge in [0.2, 0.25) is 10.0 Å². The van der Waals surface area contributed by atoms with Crippen LogP contribution in [0.2, 0.25) is 0 Å². The number of aromatic amines is 1. The molecule has 4 aromatic rings. The molecule has 10 heteroatoms. The van der Waals surface area contributed by atoms with Crippen LogP contribution in [0, 0.1) is 5.92 Å². The van der Waals surface area contributed by atoms with Gasteiger partial charge in [0.15, 0.2) is 0 Å². The van der Waals surface area contributed by atoms with Crippen LogP contribution in [0.25, 0.3) is 22.4 Å². The molecule has 0 spiro atoms. The van der Waals surface area contributed by atoms with Crippen molar-refractivity contribution in [2.75, 3.05) is 0 Å². The Balaban J connectivity index is 1.15. The number of sulfonamides is 1. The van der Waals surface area contributed by atoms with Crippen molar-refractivity contribution in [3.8, 4) is 11.4 Å². The molecule has 1 saturated carbocycles. The molecule has 3 aromatic carbocycles. The van der Waals surface area contributed by atoms with Crippen LogP contribution in [-0.2, 0) is 26.2 Å². The number of aromatic nitrogens is 2. The van der Waals surface area contributed by atoms with Gasteiger partial charge in [0.1, 0.15) is 12.4 Å². The normalized spacial score (nSPS) is 17.8. The Kier molecular flexibility index (Phi) is 7.26. The minimum absolute atomic E-state index is 0.0629. The van der Waals surface area contributed by atoms with Gasteiger partial charge in [-0.05, 0) is 61.6 Å². The SMILES string of the molecule is O=C(O)c1ccc(COC(=O)[C@H]2CC[C@H](NS(=O)(=O)c3ccc4nc(-c5ccccc5)[nH]c4c3)CC2)cc1. The Labute approximate surface area is 219 Å². The highest BCUT2D eigenvalue weighted by Crippen LogP contribution is 2.28. The van der Waals surface area contributed by atoms with Crippen molar-refractivity contribution in [3.63, 3.8) is 0 Å². The first-order valence-electron chi connectivity index (χ1n) is 12.3. The topological polar surface area (TPSA) is 138 Å². The maximum absolute atomic E-state index is 13.1. The van der Waals surface area contributed by atoms with Crippen LogP contribution in [0.1, 0.15) is 41.6 Å². The quantitative estimate of drug-likeness (QED) is 0.283. The van der Waals surface area contributed by atoms with E-state index in [1.54, 1.807) is 30.3 Å². The molecule has 0 saturated heterocycles. The van der Waals surface area contributed by atoms with Crippen molar-refractivity contribution in [2.45, 2.75) is 43.2 Å². The summed E-state index contributed by atoms with van der Waals surface area (Å²) < 4.78 is 34.4. The maximum Gasteiger partial charge on any atom is 0.335 e. The molecule has 0 amide bonds. The third-order valence-electron chi connectivity index (χ3n) is 6.78. The van der Waals surface area contributed by atoms with Gasteiger partial charge in [0.05, 0.1) is 27.4 Å². The number of H-pyrrole nitrogens is 1. The number of aromatic carboxylic acids is 1. The van der Waals surface area contributed by atoms with Gasteiger partial charge in [-0.3, -0.25) is 4.79 Å². The summed E-state index contributed by atoms with van der Waals surface area (Å²) in [4.78, 5) is 31.4. The molecule has 38 heavy (non-hydrogen) atoms. The fourth-order valence-corrected chi connectivity index (χ4v) is 5.97. The molecule has 1 aliphatic rings. The zero-order chi connectivity index (χ0) is 26.7. The summed E-state index contributed by atoms with van der Waals surface area (Å²) in [6, 6.07) is 20.3. The molecule has 0 radical (unpaired) electrons. The highest BCUT2D eigenvalue weighted by Gasteiger charge is 2.30. The summed E-state index contributed by atoms with van der Waals surface area (Å²) in [6.45, 7) is 0.0629. The summed E-state index contributed by atoms with van der Waals surface area (Å²) in [5.41, 5.74) is 3.10. The third kappa shape index (κ3) is 5.76. The molecule has 0 atom stereocenters. The lowest BCUT2D eigenvalue weighted by Gasteiger charge is -2.27. The van der Waals surface area contributed by atoms with Crippen LogP contribution in [-0.4, -0.2) is 41.5 Å². The number of esters is 1. The lowest BCUT2D eigenvalue weighted by Crippen LogP contribution is -2.38. The first kappa shape index (κ1) is 25.6. The zero-order valence-corrected chi connectivity index (χ0v) is 21.3. The number of carbonyl (C=O) groups excluding carboxylic acids is 1. The van der Waals surface area contributed by atoms with E-state index in [1.807, 2.05) is 30.3 Å². The molecule has 196 valence electrons. The Hall–Kier alpha value is -4.02. The van der Waals surface area contributed by atoms with E-state index in [-0.39, 0.29) is 35.0 Å². The van der Waals surface area contributed by atoms with Crippen molar-refractivity contribution >= 4 is 33.0 Å². The number of hydrogen-bond donors (Lipinski definition) is 3. The molecule has 3 N–H and O–H groups in total. The van der Waals surface area contributed by atoms with Gasteiger partial charge >= 0.3 is 11.9 Å². The van der Waals surface area contributed by atoms with Crippen LogP contribution < -0.4 is 4.72 Å². The second kappa shape index (κ2) is 10.8. The molecule has 1 aromatic heterocycles. The van der Waals surface area contributed by atoms with E-state index in [9.17, 15) is 18.0 Å². The number of nitrogens with zero attached hydrogens (tertiary/aromatic N) is 1. The highest BCUT2D eigenvalue weighted by atomic mass is 32.2. The summed E-state index contributed by atoms with van der Waals surface area (Å²) >= 11 is 0. The van der Waals surface area contributed by atoms with Crippen molar-refractivity contribution in [2.24, 2.45) is 5.92 Å².